The lowest BCUT2D eigenvalue weighted by Crippen LogP contribution is -2.39. The molecule has 8 nitrogen and oxygen atoms in total. The van der Waals surface area contributed by atoms with Crippen molar-refractivity contribution in [1.29, 1.82) is 0 Å². The molecule has 304 valence electrons. The molecule has 0 rings (SSSR count). The largest absolute Gasteiger partial charge is 0.778 e. The summed E-state index contributed by atoms with van der Waals surface area (Å²) < 4.78 is 29.7. The number of hydrogen-bond donors (Lipinski definition) is 2. The van der Waals surface area contributed by atoms with Crippen LogP contribution in [0.3, 0.4) is 0 Å². The lowest BCUT2D eigenvalue weighted by molar-refractivity contribution is -0.868. The van der Waals surface area contributed by atoms with Gasteiger partial charge in [-0.2, -0.15) is 25.3 Å². The van der Waals surface area contributed by atoms with Gasteiger partial charge < -0.3 is 27.9 Å². The van der Waals surface area contributed by atoms with Gasteiger partial charge in [-0.25, -0.2) is 0 Å². The van der Waals surface area contributed by atoms with E-state index >= 15 is 0 Å². The molecule has 0 aliphatic heterocycles. The minimum Gasteiger partial charge on any atom is -0.778 e. The predicted molar refractivity (Wildman–Crippen MR) is 219 cm³/mol. The third-order valence-corrected chi connectivity index (χ3v) is 12.5. The van der Waals surface area contributed by atoms with Crippen molar-refractivity contribution in [3.63, 3.8) is 0 Å². The Morgan fingerprint density at radius 3 is 1.39 bits per heavy atom. The third kappa shape index (κ3) is 29.7. The first kappa shape index (κ1) is 50.8. The van der Waals surface area contributed by atoms with Crippen molar-refractivity contribution in [2.24, 2.45) is 11.8 Å². The molecule has 0 aliphatic carbocycles. The maximum Gasteiger partial charge on any atom is 0.319 e. The molecule has 0 aromatic rings. The van der Waals surface area contributed by atoms with Gasteiger partial charge in [-0.05, 0) is 24.7 Å². The van der Waals surface area contributed by atoms with Crippen molar-refractivity contribution in [3.8, 4) is 0 Å². The van der Waals surface area contributed by atoms with Crippen LogP contribution in [0.2, 0.25) is 0 Å². The molecule has 0 bridgehead atoms. The zero-order valence-electron chi connectivity index (χ0n) is 33.9. The minimum absolute atomic E-state index is 0.0120. The quantitative estimate of drug-likeness (QED) is 0.0217. The minimum atomic E-state index is -4.21. The molecule has 0 radical (unpaired) electrons. The van der Waals surface area contributed by atoms with Gasteiger partial charge in [0.2, 0.25) is 0 Å². The molecule has 0 spiro atoms. The van der Waals surface area contributed by atoms with Crippen molar-refractivity contribution in [2.75, 3.05) is 47.1 Å². The van der Waals surface area contributed by atoms with E-state index < -0.39 is 42.7 Å². The average Bonchev–Trinajstić information content (AvgIpc) is 3.08. The summed E-state index contributed by atoms with van der Waals surface area (Å²) >= 11 is 9.13. The standard InChI is InChI=1S/C40H80NO7PS2/c1-8-10-12-14-16-18-20-22-24-26-28-34(3)37(50)39(42)46-32-36(33-47-49(44,45)31-30-41(5,6)7)48-40(43)38(51)35(4)29-27-25-23-21-19-17-15-13-11-9-2/h34-38H,8-33H2,1-7H3,(H2-,44,45,50,51). The van der Waals surface area contributed by atoms with Crippen LogP contribution in [0, 0.1) is 11.8 Å². The number of quaternary nitrogens is 1. The maximum absolute atomic E-state index is 13.2. The molecule has 6 atom stereocenters. The Hall–Kier alpha value is -0.250. The SMILES string of the molecule is CCCCCCCCCCCCC(C)C(S)C(=O)OCC(COP(=O)([O-])CC[N+](C)(C)C)OC(=O)C(S)C(C)CCCCCCCCCCCC. The van der Waals surface area contributed by atoms with E-state index in [1.807, 2.05) is 35.0 Å². The first-order chi connectivity index (χ1) is 24.1. The van der Waals surface area contributed by atoms with Crippen LogP contribution >= 0.6 is 32.9 Å². The van der Waals surface area contributed by atoms with Crippen molar-refractivity contribution in [1.82, 2.24) is 0 Å². The monoisotopic (exact) mass is 782 g/mol. The van der Waals surface area contributed by atoms with Crippen molar-refractivity contribution >= 4 is 44.8 Å². The fourth-order valence-electron chi connectivity index (χ4n) is 5.98. The number of nitrogens with zero attached hydrogens (tertiary/aromatic N) is 1. The lowest BCUT2D eigenvalue weighted by Gasteiger charge is -2.30. The van der Waals surface area contributed by atoms with E-state index in [0.29, 0.717) is 11.0 Å². The summed E-state index contributed by atoms with van der Waals surface area (Å²) in [5.41, 5.74) is 0. The lowest BCUT2D eigenvalue weighted by atomic mass is 9.98. The Labute approximate surface area is 325 Å². The van der Waals surface area contributed by atoms with Crippen LogP contribution in [0.5, 0.6) is 0 Å². The number of esters is 2. The third-order valence-electron chi connectivity index (χ3n) is 9.78. The Morgan fingerprint density at radius 1 is 0.627 bits per heavy atom. The molecule has 0 aromatic carbocycles. The van der Waals surface area contributed by atoms with Gasteiger partial charge in [-0.1, -0.05) is 156 Å². The van der Waals surface area contributed by atoms with Gasteiger partial charge in [0.25, 0.3) is 0 Å². The van der Waals surface area contributed by atoms with E-state index in [4.69, 9.17) is 14.0 Å². The highest BCUT2D eigenvalue weighted by atomic mass is 32.1. The first-order valence-electron chi connectivity index (χ1n) is 20.6. The van der Waals surface area contributed by atoms with Gasteiger partial charge in [0.15, 0.2) is 6.10 Å². The smallest absolute Gasteiger partial charge is 0.319 e. The van der Waals surface area contributed by atoms with Gasteiger partial charge in [-0.15, -0.1) is 0 Å². The van der Waals surface area contributed by atoms with Crippen molar-refractivity contribution in [3.05, 3.63) is 0 Å². The van der Waals surface area contributed by atoms with Gasteiger partial charge in [0.1, 0.15) is 24.7 Å². The fourth-order valence-corrected chi connectivity index (χ4v) is 7.78. The summed E-state index contributed by atoms with van der Waals surface area (Å²) in [4.78, 5) is 38.8. The highest BCUT2D eigenvalue weighted by molar-refractivity contribution is 7.82. The van der Waals surface area contributed by atoms with Crippen LogP contribution in [-0.2, 0) is 28.2 Å². The van der Waals surface area contributed by atoms with Gasteiger partial charge in [0.05, 0.1) is 40.5 Å². The number of hydrogen-bond acceptors (Lipinski definition) is 9. The number of unbranched alkanes of at least 4 members (excludes halogenated alkanes) is 18. The summed E-state index contributed by atoms with van der Waals surface area (Å²) in [6.45, 7) is 8.09. The molecule has 0 saturated carbocycles. The van der Waals surface area contributed by atoms with Gasteiger partial charge in [-0.3, -0.25) is 9.59 Å². The first-order valence-corrected chi connectivity index (χ1v) is 23.4. The van der Waals surface area contributed by atoms with Crippen LogP contribution in [0.25, 0.3) is 0 Å². The van der Waals surface area contributed by atoms with E-state index in [1.165, 1.54) is 103 Å². The Morgan fingerprint density at radius 2 is 1.00 bits per heavy atom. The topological polar surface area (TPSA) is 102 Å². The summed E-state index contributed by atoms with van der Waals surface area (Å²) in [6, 6.07) is 0. The van der Waals surface area contributed by atoms with E-state index in [-0.39, 0.29) is 24.6 Å². The number of rotatable bonds is 35. The van der Waals surface area contributed by atoms with E-state index in [1.54, 1.807) is 0 Å². The average molecular weight is 782 g/mol. The zero-order valence-corrected chi connectivity index (χ0v) is 36.6. The molecule has 6 unspecified atom stereocenters. The highest BCUT2D eigenvalue weighted by Crippen LogP contribution is 2.37. The van der Waals surface area contributed by atoms with Crippen LogP contribution in [0.1, 0.15) is 169 Å². The molecule has 11 heteroatoms. The Bertz CT molecular complexity index is 920. The number of ether oxygens (including phenoxy) is 2. The van der Waals surface area contributed by atoms with E-state index in [2.05, 4.69) is 39.1 Å². The molecule has 0 heterocycles. The Balaban J connectivity index is 4.88. The van der Waals surface area contributed by atoms with Crippen LogP contribution < -0.4 is 4.89 Å². The molecule has 0 N–H and O–H groups in total. The van der Waals surface area contributed by atoms with Crippen molar-refractivity contribution in [2.45, 2.75) is 186 Å². The number of carbonyl (C=O) groups is 2. The normalized spacial score (nSPS) is 16.2. The molecular weight excluding hydrogens is 702 g/mol. The predicted octanol–water partition coefficient (Wildman–Crippen LogP) is 10.2. The second-order valence-corrected chi connectivity index (χ2v) is 19.2. The summed E-state index contributed by atoms with van der Waals surface area (Å²) in [6.07, 6.45) is 25.4. The molecule has 51 heavy (non-hydrogen) atoms. The second-order valence-electron chi connectivity index (χ2n) is 16.1. The van der Waals surface area contributed by atoms with Crippen LogP contribution in [-0.4, -0.2) is 80.1 Å². The molecule has 0 fully saturated rings. The van der Waals surface area contributed by atoms with E-state index in [0.717, 1.165) is 38.5 Å². The van der Waals surface area contributed by atoms with Crippen molar-refractivity contribution < 1.29 is 37.5 Å². The second kappa shape index (κ2) is 31.0. The maximum atomic E-state index is 13.2. The molecule has 0 saturated heterocycles. The molecule has 0 aliphatic rings. The summed E-state index contributed by atoms with van der Waals surface area (Å²) in [5, 5.41) is -1.31. The number of carbonyl (C=O) groups excluding carboxylic acids is 2. The molecule has 0 aromatic heterocycles. The number of thiol groups is 2. The van der Waals surface area contributed by atoms with E-state index in [9.17, 15) is 19.0 Å². The van der Waals surface area contributed by atoms with Gasteiger partial charge >= 0.3 is 11.9 Å². The van der Waals surface area contributed by atoms with Gasteiger partial charge in [0, 0.05) is 0 Å². The highest BCUT2D eigenvalue weighted by Gasteiger charge is 2.29. The summed E-state index contributed by atoms with van der Waals surface area (Å²) in [7, 11) is 1.50. The molecular formula is C40H80NO7PS2. The van der Waals surface area contributed by atoms with Crippen LogP contribution in [0.15, 0.2) is 0 Å². The fraction of sp³-hybridized carbons (Fsp3) is 0.950. The summed E-state index contributed by atoms with van der Waals surface area (Å²) in [5.74, 6) is -1.09. The Kier molecular flexibility index (Phi) is 30.9. The van der Waals surface area contributed by atoms with Crippen LogP contribution in [0.4, 0.5) is 0 Å². The zero-order chi connectivity index (χ0) is 38.5. The molecule has 0 amide bonds.